The van der Waals surface area contributed by atoms with Crippen molar-refractivity contribution in [3.63, 3.8) is 0 Å². The van der Waals surface area contributed by atoms with E-state index >= 15 is 0 Å². The molecule has 1 fully saturated rings. The van der Waals surface area contributed by atoms with Gasteiger partial charge in [0.1, 0.15) is 10.8 Å². The summed E-state index contributed by atoms with van der Waals surface area (Å²) in [6, 6.07) is 32.0. The van der Waals surface area contributed by atoms with E-state index in [9.17, 15) is 19.2 Å². The zero-order valence-corrected chi connectivity index (χ0v) is 20.9. The zero-order valence-electron chi connectivity index (χ0n) is 20.9. The Balaban J connectivity index is 1.58. The van der Waals surface area contributed by atoms with E-state index in [1.54, 1.807) is 60.7 Å². The van der Waals surface area contributed by atoms with E-state index in [-0.39, 0.29) is 18.0 Å². The highest BCUT2D eigenvalue weighted by Crippen LogP contribution is 2.68. The van der Waals surface area contributed by atoms with Crippen LogP contribution in [0.25, 0.3) is 0 Å². The molecular formula is C33H24N2O4. The summed E-state index contributed by atoms with van der Waals surface area (Å²) in [6.45, 7) is 0. The fraction of sp³-hybridized carbons (Fsp3) is 0.152. The van der Waals surface area contributed by atoms with Crippen molar-refractivity contribution >= 4 is 34.8 Å². The third-order valence-electron chi connectivity index (χ3n) is 8.80. The van der Waals surface area contributed by atoms with E-state index in [1.165, 1.54) is 0 Å². The molecule has 1 saturated carbocycles. The number of fused-ring (bicyclic) bond motifs is 5. The molecule has 4 aromatic rings. The van der Waals surface area contributed by atoms with E-state index in [0.717, 1.165) is 0 Å². The van der Waals surface area contributed by atoms with E-state index in [0.29, 0.717) is 33.6 Å². The molecule has 4 aromatic carbocycles. The van der Waals surface area contributed by atoms with Gasteiger partial charge in [-0.2, -0.15) is 0 Å². The fourth-order valence-corrected chi connectivity index (χ4v) is 7.39. The maximum atomic E-state index is 14.5. The van der Waals surface area contributed by atoms with Crippen LogP contribution in [0.2, 0.25) is 0 Å². The van der Waals surface area contributed by atoms with Gasteiger partial charge in [-0.25, -0.2) is 0 Å². The Morgan fingerprint density at radius 1 is 0.538 bits per heavy atom. The molecule has 0 saturated heterocycles. The van der Waals surface area contributed by atoms with Crippen LogP contribution in [0.3, 0.4) is 0 Å². The van der Waals surface area contributed by atoms with Crippen molar-refractivity contribution in [2.24, 2.45) is 11.8 Å². The molecular weight excluding hydrogens is 488 g/mol. The van der Waals surface area contributed by atoms with E-state index in [4.69, 9.17) is 0 Å². The highest BCUT2D eigenvalue weighted by atomic mass is 16.2. The molecule has 2 heterocycles. The number of carbonyl (C=O) groups excluding carboxylic acids is 4. The second-order valence-corrected chi connectivity index (χ2v) is 10.4. The Hall–Kier alpha value is -4.84. The van der Waals surface area contributed by atoms with Gasteiger partial charge in [0.05, 0.1) is 0 Å². The average molecular weight is 513 g/mol. The Kier molecular flexibility index (Phi) is 4.98. The van der Waals surface area contributed by atoms with Crippen LogP contribution in [0, 0.1) is 11.8 Å². The largest absolute Gasteiger partial charge is 0.325 e. The first kappa shape index (κ1) is 23.3. The fourth-order valence-electron chi connectivity index (χ4n) is 7.39. The van der Waals surface area contributed by atoms with Crippen LogP contribution < -0.4 is 10.6 Å². The van der Waals surface area contributed by atoms with E-state index < -0.39 is 34.5 Å². The van der Waals surface area contributed by atoms with Gasteiger partial charge in [0, 0.05) is 34.3 Å². The van der Waals surface area contributed by atoms with Crippen LogP contribution in [0.1, 0.15) is 38.3 Å². The van der Waals surface area contributed by atoms with Crippen LogP contribution in [-0.2, 0) is 20.4 Å². The second-order valence-electron chi connectivity index (χ2n) is 10.4. The molecule has 39 heavy (non-hydrogen) atoms. The van der Waals surface area contributed by atoms with Gasteiger partial charge >= 0.3 is 0 Å². The maximum absolute atomic E-state index is 14.5. The van der Waals surface area contributed by atoms with Crippen LogP contribution in [0.4, 0.5) is 11.4 Å². The number of ketones is 2. The summed E-state index contributed by atoms with van der Waals surface area (Å²) in [6.07, 6.45) is 0.0466. The third-order valence-corrected chi connectivity index (χ3v) is 8.80. The predicted octanol–water partition coefficient (Wildman–Crippen LogP) is 5.17. The topological polar surface area (TPSA) is 92.3 Å². The number of amides is 2. The van der Waals surface area contributed by atoms with Crippen molar-refractivity contribution < 1.29 is 19.2 Å². The van der Waals surface area contributed by atoms with Crippen molar-refractivity contribution in [3.05, 3.63) is 131 Å². The lowest BCUT2D eigenvalue weighted by Crippen LogP contribution is -2.60. The Morgan fingerprint density at radius 2 is 0.897 bits per heavy atom. The third kappa shape index (κ3) is 2.86. The molecule has 4 atom stereocenters. The smallest absolute Gasteiger partial charge is 0.237 e. The number of nitrogens with one attached hydrogen (secondary N) is 2. The maximum Gasteiger partial charge on any atom is 0.237 e. The number of benzene rings is 4. The first-order chi connectivity index (χ1) is 19.0. The number of carbonyl (C=O) groups is 4. The first-order valence-electron chi connectivity index (χ1n) is 13.0. The molecule has 3 aliphatic rings. The summed E-state index contributed by atoms with van der Waals surface area (Å²) in [7, 11) is 0. The molecule has 0 aromatic heterocycles. The summed E-state index contributed by atoms with van der Waals surface area (Å²) in [5.41, 5.74) is -0.151. The Labute approximate surface area is 225 Å². The van der Waals surface area contributed by atoms with Crippen LogP contribution >= 0.6 is 0 Å². The average Bonchev–Trinajstić information content (AvgIpc) is 3.58. The predicted molar refractivity (Wildman–Crippen MR) is 147 cm³/mol. The first-order valence-corrected chi connectivity index (χ1v) is 13.0. The molecule has 7 rings (SSSR count). The molecule has 1 aliphatic carbocycles. The van der Waals surface area contributed by atoms with Crippen LogP contribution in [0.15, 0.2) is 109 Å². The lowest BCUT2D eigenvalue weighted by Gasteiger charge is -2.42. The van der Waals surface area contributed by atoms with Crippen LogP contribution in [0.5, 0.6) is 0 Å². The normalized spacial score (nSPS) is 26.3. The molecule has 2 amide bonds. The number of rotatable bonds is 4. The highest BCUT2D eigenvalue weighted by Gasteiger charge is 2.79. The summed E-state index contributed by atoms with van der Waals surface area (Å²) < 4.78 is 0. The van der Waals surface area contributed by atoms with Gasteiger partial charge in [0.25, 0.3) is 0 Å². The second kappa shape index (κ2) is 8.33. The molecule has 190 valence electrons. The molecule has 2 spiro atoms. The number of para-hydroxylation sites is 2. The number of Topliss-reactive ketones (excluding diaryl/α,β-unsaturated/α-hetero) is 2. The summed E-state index contributed by atoms with van der Waals surface area (Å²) >= 11 is 0. The quantitative estimate of drug-likeness (QED) is 0.369. The SMILES string of the molecule is O=C(c1ccccc1)[C@H]1C[C@H](C(=O)c2ccccc2)[C@]2(C(=O)Nc3ccccc32)[C@]12C(=O)Nc1ccccc12. The lowest BCUT2D eigenvalue weighted by atomic mass is 9.53. The molecule has 6 heteroatoms. The van der Waals surface area contributed by atoms with Gasteiger partial charge in [0.2, 0.25) is 11.8 Å². The van der Waals surface area contributed by atoms with Crippen molar-refractivity contribution in [1.82, 2.24) is 0 Å². The molecule has 0 bridgehead atoms. The number of hydrogen-bond acceptors (Lipinski definition) is 4. The summed E-state index contributed by atoms with van der Waals surface area (Å²) in [5.74, 6) is -3.32. The van der Waals surface area contributed by atoms with Gasteiger partial charge in [-0.1, -0.05) is 97.1 Å². The Bertz CT molecular complexity index is 1560. The van der Waals surface area contributed by atoms with Gasteiger partial charge in [-0.15, -0.1) is 0 Å². The molecule has 2 N–H and O–H groups in total. The van der Waals surface area contributed by atoms with E-state index in [2.05, 4.69) is 10.6 Å². The van der Waals surface area contributed by atoms with Crippen molar-refractivity contribution in [2.45, 2.75) is 17.3 Å². The Morgan fingerprint density at radius 3 is 1.31 bits per heavy atom. The van der Waals surface area contributed by atoms with Gasteiger partial charge in [-0.3, -0.25) is 19.2 Å². The van der Waals surface area contributed by atoms with Crippen molar-refractivity contribution in [1.29, 1.82) is 0 Å². The molecule has 0 unspecified atom stereocenters. The summed E-state index contributed by atoms with van der Waals surface area (Å²) in [5, 5.41) is 5.97. The minimum Gasteiger partial charge on any atom is -0.325 e. The minimum atomic E-state index is -1.64. The number of anilines is 2. The van der Waals surface area contributed by atoms with Gasteiger partial charge < -0.3 is 10.6 Å². The monoisotopic (exact) mass is 512 g/mol. The van der Waals surface area contributed by atoms with E-state index in [1.807, 2.05) is 48.5 Å². The van der Waals surface area contributed by atoms with Gasteiger partial charge in [0.15, 0.2) is 11.6 Å². The molecule has 0 radical (unpaired) electrons. The standard InChI is InChI=1S/C33H24N2O4/c36-28(20-11-3-1-4-12-20)24-19-25(29(37)21-13-5-2-6-14-21)33(23-16-8-10-18-27(23)35-31(33)39)32(24)22-15-7-9-17-26(22)34-30(32)38/h1-18,24-25H,19H2,(H,34,38)(H,35,39)/t24-,25-,32-,33+/m1/s1. The highest BCUT2D eigenvalue weighted by molar-refractivity contribution is 6.23. The molecule has 6 nitrogen and oxygen atoms in total. The van der Waals surface area contributed by atoms with Crippen LogP contribution in [-0.4, -0.2) is 23.4 Å². The van der Waals surface area contributed by atoms with Crippen molar-refractivity contribution in [3.8, 4) is 0 Å². The van der Waals surface area contributed by atoms with Gasteiger partial charge in [-0.05, 0) is 29.7 Å². The lowest BCUT2D eigenvalue weighted by molar-refractivity contribution is -0.132. The summed E-state index contributed by atoms with van der Waals surface area (Å²) in [4.78, 5) is 57.7. The number of hydrogen-bond donors (Lipinski definition) is 2. The zero-order chi connectivity index (χ0) is 26.8. The molecule has 2 aliphatic heterocycles. The minimum absolute atomic E-state index is 0.0466. The van der Waals surface area contributed by atoms with Crippen molar-refractivity contribution in [2.75, 3.05) is 10.6 Å².